The summed E-state index contributed by atoms with van der Waals surface area (Å²) in [6.45, 7) is 8.37. The minimum Gasteiger partial charge on any atom is -0.488 e. The fourth-order valence-corrected chi connectivity index (χ4v) is 3.48. The topological polar surface area (TPSA) is 59.0 Å². The van der Waals surface area contributed by atoms with Crippen LogP contribution in [0.15, 0.2) is 18.2 Å². The summed E-state index contributed by atoms with van der Waals surface area (Å²) in [5, 5.41) is 9.36. The molecule has 0 heterocycles. The summed E-state index contributed by atoms with van der Waals surface area (Å²) in [4.78, 5) is 0. The number of nitriles is 1. The Hall–Kier alpha value is -0.950. The van der Waals surface area contributed by atoms with Crippen molar-refractivity contribution in [1.29, 1.82) is 5.26 Å². The van der Waals surface area contributed by atoms with Crippen LogP contribution in [0.3, 0.4) is 0 Å². The Morgan fingerprint density at radius 2 is 1.80 bits per heavy atom. The van der Waals surface area contributed by atoms with Crippen LogP contribution in [0.1, 0.15) is 33.3 Å². The number of nitrogens with two attached hydrogens (primary N) is 1. The number of halogens is 2. The third-order valence-electron chi connectivity index (χ3n) is 4.28. The van der Waals surface area contributed by atoms with Gasteiger partial charge in [0.25, 0.3) is 0 Å². The molecule has 0 radical (unpaired) electrons. The maximum Gasteiger partial charge on any atom is 0.139 e. The highest BCUT2D eigenvalue weighted by Gasteiger charge is 2.62. The highest BCUT2D eigenvalue weighted by molar-refractivity contribution is 6.33. The maximum atomic E-state index is 8.99. The van der Waals surface area contributed by atoms with Gasteiger partial charge in [0.1, 0.15) is 22.9 Å². The third kappa shape index (κ3) is 2.37. The Balaban J connectivity index is 0.00000200. The fourth-order valence-electron chi connectivity index (χ4n) is 3.27. The number of ether oxygens (including phenoxy) is 1. The summed E-state index contributed by atoms with van der Waals surface area (Å²) in [6.07, 6.45) is -0.0264. The second kappa shape index (κ2) is 5.44. The van der Waals surface area contributed by atoms with Gasteiger partial charge in [-0.2, -0.15) is 5.26 Å². The zero-order valence-electron chi connectivity index (χ0n) is 12.1. The van der Waals surface area contributed by atoms with Crippen molar-refractivity contribution in [2.24, 2.45) is 16.6 Å². The summed E-state index contributed by atoms with van der Waals surface area (Å²) in [5.41, 5.74) is 6.40. The summed E-state index contributed by atoms with van der Waals surface area (Å²) in [6, 6.07) is 7.38. The van der Waals surface area contributed by atoms with Gasteiger partial charge in [0.15, 0.2) is 0 Å². The lowest BCUT2D eigenvalue weighted by Gasteiger charge is -2.61. The van der Waals surface area contributed by atoms with E-state index in [0.29, 0.717) is 16.3 Å². The van der Waals surface area contributed by atoms with Crippen molar-refractivity contribution in [3.05, 3.63) is 28.8 Å². The molecule has 20 heavy (non-hydrogen) atoms. The highest BCUT2D eigenvalue weighted by atomic mass is 35.5. The molecule has 0 aliphatic heterocycles. The van der Waals surface area contributed by atoms with Crippen LogP contribution in [0, 0.1) is 22.2 Å². The van der Waals surface area contributed by atoms with Crippen LogP contribution >= 0.6 is 24.0 Å². The molecule has 1 aromatic carbocycles. The second-order valence-corrected chi connectivity index (χ2v) is 6.73. The van der Waals surface area contributed by atoms with Gasteiger partial charge in [-0.3, -0.25) is 0 Å². The van der Waals surface area contributed by atoms with Crippen LogP contribution < -0.4 is 10.5 Å². The molecule has 1 fully saturated rings. The molecule has 0 atom stereocenters. The number of benzene rings is 1. The van der Waals surface area contributed by atoms with Gasteiger partial charge in [0, 0.05) is 16.9 Å². The van der Waals surface area contributed by atoms with Gasteiger partial charge in [0.05, 0.1) is 5.56 Å². The minimum absolute atomic E-state index is 0. The van der Waals surface area contributed by atoms with E-state index in [1.54, 1.807) is 18.2 Å². The molecule has 1 aliphatic carbocycles. The molecule has 0 amide bonds. The van der Waals surface area contributed by atoms with E-state index in [2.05, 4.69) is 33.8 Å². The number of hydrogen-bond acceptors (Lipinski definition) is 3. The van der Waals surface area contributed by atoms with Crippen molar-refractivity contribution in [1.82, 2.24) is 0 Å². The van der Waals surface area contributed by atoms with Gasteiger partial charge in [-0.05, 0) is 12.1 Å². The van der Waals surface area contributed by atoms with Crippen LogP contribution in [-0.2, 0) is 0 Å². The molecular weight excluding hydrogens is 295 g/mol. The van der Waals surface area contributed by atoms with Crippen molar-refractivity contribution in [3.63, 3.8) is 0 Å². The average molecular weight is 315 g/mol. The van der Waals surface area contributed by atoms with Gasteiger partial charge in [0.2, 0.25) is 0 Å². The number of hydrogen-bond donors (Lipinski definition) is 1. The van der Waals surface area contributed by atoms with E-state index >= 15 is 0 Å². The second-order valence-electron chi connectivity index (χ2n) is 6.35. The molecule has 0 spiro atoms. The fraction of sp³-hybridized carbons (Fsp3) is 0.533. The molecule has 0 bridgehead atoms. The molecular formula is C15H20Cl2N2O. The van der Waals surface area contributed by atoms with E-state index < -0.39 is 0 Å². The van der Waals surface area contributed by atoms with E-state index in [9.17, 15) is 0 Å². The SMILES string of the molecule is CC1(C)C(N)C(C)(C)C1Oc1cccc(C#N)c1Cl.Cl. The quantitative estimate of drug-likeness (QED) is 0.903. The first kappa shape index (κ1) is 17.1. The minimum atomic E-state index is -0.116. The Morgan fingerprint density at radius 1 is 1.25 bits per heavy atom. The third-order valence-corrected chi connectivity index (χ3v) is 4.67. The van der Waals surface area contributed by atoms with Gasteiger partial charge >= 0.3 is 0 Å². The lowest BCUT2D eigenvalue weighted by Crippen LogP contribution is -2.73. The number of nitrogens with zero attached hydrogens (tertiary/aromatic N) is 1. The largest absolute Gasteiger partial charge is 0.488 e. The molecule has 0 aromatic heterocycles. The molecule has 0 saturated heterocycles. The van der Waals surface area contributed by atoms with Crippen LogP contribution in [0.5, 0.6) is 5.75 Å². The molecule has 5 heteroatoms. The Kier molecular flexibility index (Phi) is 4.65. The van der Waals surface area contributed by atoms with Gasteiger partial charge in [-0.25, -0.2) is 0 Å². The van der Waals surface area contributed by atoms with E-state index in [1.165, 1.54) is 0 Å². The summed E-state index contributed by atoms with van der Waals surface area (Å²) >= 11 is 6.18. The molecule has 2 rings (SSSR count). The van der Waals surface area contributed by atoms with Crippen molar-refractivity contribution in [2.75, 3.05) is 0 Å². The van der Waals surface area contributed by atoms with E-state index in [4.69, 9.17) is 27.3 Å². The Bertz CT molecular complexity index is 533. The molecule has 2 N–H and O–H groups in total. The summed E-state index contributed by atoms with van der Waals surface area (Å²) < 4.78 is 6.06. The zero-order valence-corrected chi connectivity index (χ0v) is 13.7. The van der Waals surface area contributed by atoms with Crippen LogP contribution in [0.2, 0.25) is 5.02 Å². The smallest absolute Gasteiger partial charge is 0.139 e. The van der Waals surface area contributed by atoms with Crippen molar-refractivity contribution < 1.29 is 4.74 Å². The van der Waals surface area contributed by atoms with Crippen molar-refractivity contribution in [3.8, 4) is 11.8 Å². The zero-order chi connectivity index (χ0) is 14.4. The molecule has 0 unspecified atom stereocenters. The predicted molar refractivity (Wildman–Crippen MR) is 83.4 cm³/mol. The normalized spacial score (nSPS) is 25.9. The maximum absolute atomic E-state index is 8.99. The Labute approximate surface area is 131 Å². The molecule has 110 valence electrons. The molecule has 1 aromatic rings. The van der Waals surface area contributed by atoms with Crippen LogP contribution in [-0.4, -0.2) is 12.1 Å². The first-order valence-electron chi connectivity index (χ1n) is 6.33. The van der Waals surface area contributed by atoms with Crippen LogP contribution in [0.25, 0.3) is 0 Å². The van der Waals surface area contributed by atoms with E-state index in [-0.39, 0.29) is 35.4 Å². The lowest BCUT2D eigenvalue weighted by molar-refractivity contribution is -0.155. The van der Waals surface area contributed by atoms with E-state index in [0.717, 1.165) is 0 Å². The summed E-state index contributed by atoms with van der Waals surface area (Å²) in [5.74, 6) is 0.554. The Morgan fingerprint density at radius 3 is 2.30 bits per heavy atom. The van der Waals surface area contributed by atoms with Gasteiger partial charge in [-0.1, -0.05) is 45.4 Å². The molecule has 3 nitrogen and oxygen atoms in total. The average Bonchev–Trinajstić information content (AvgIpc) is 2.36. The lowest BCUT2D eigenvalue weighted by atomic mass is 9.50. The van der Waals surface area contributed by atoms with Gasteiger partial charge < -0.3 is 10.5 Å². The molecule has 1 saturated carbocycles. The van der Waals surface area contributed by atoms with Crippen LogP contribution in [0.4, 0.5) is 0 Å². The highest BCUT2D eigenvalue weighted by Crippen LogP contribution is 2.54. The standard InChI is InChI=1S/C15H19ClN2O.ClH/c1-14(2)12(18)15(3,4)13(14)19-10-7-5-6-9(8-17)11(10)16;/h5-7,12-13H,18H2,1-4H3;1H. The predicted octanol–water partition coefficient (Wildman–Crippen LogP) is 3.77. The van der Waals surface area contributed by atoms with E-state index in [1.807, 2.05) is 0 Å². The monoisotopic (exact) mass is 314 g/mol. The van der Waals surface area contributed by atoms with Crippen molar-refractivity contribution >= 4 is 24.0 Å². The van der Waals surface area contributed by atoms with Gasteiger partial charge in [-0.15, -0.1) is 12.4 Å². The first-order chi connectivity index (χ1) is 8.72. The van der Waals surface area contributed by atoms with Crippen molar-refractivity contribution in [2.45, 2.75) is 39.8 Å². The number of rotatable bonds is 2. The molecule has 1 aliphatic rings. The first-order valence-corrected chi connectivity index (χ1v) is 6.71. The summed E-state index contributed by atoms with van der Waals surface area (Å²) in [7, 11) is 0.